The van der Waals surface area contributed by atoms with E-state index in [0.717, 1.165) is 32.4 Å². The average molecular weight is 856 g/mol. The van der Waals surface area contributed by atoms with Crippen molar-refractivity contribution in [2.75, 3.05) is 38.3 Å². The Morgan fingerprint density at radius 3 is 2.48 bits per heavy atom. The number of halogens is 1. The fourth-order valence-electron chi connectivity index (χ4n) is 8.69. The molecule has 18 heteroatoms. The molecule has 3 aliphatic heterocycles. The summed E-state index contributed by atoms with van der Waals surface area (Å²) >= 11 is 0. The highest BCUT2D eigenvalue weighted by Crippen LogP contribution is 2.48. The first-order chi connectivity index (χ1) is 28.4. The van der Waals surface area contributed by atoms with Gasteiger partial charge in [0.1, 0.15) is 46.5 Å². The normalized spacial score (nSPS) is 29.9. The maximum absolute atomic E-state index is 14.9. The van der Waals surface area contributed by atoms with Gasteiger partial charge in [0.05, 0.1) is 24.6 Å². The van der Waals surface area contributed by atoms with Crippen molar-refractivity contribution in [2.24, 2.45) is 17.8 Å². The zero-order chi connectivity index (χ0) is 43.2. The Bertz CT molecular complexity index is 2140. The topological polar surface area (TPSA) is 198 Å². The Balaban J connectivity index is 1.24. The van der Waals surface area contributed by atoms with Crippen molar-refractivity contribution in [2.45, 2.75) is 126 Å². The van der Waals surface area contributed by atoms with E-state index in [9.17, 15) is 32.0 Å². The summed E-state index contributed by atoms with van der Waals surface area (Å²) in [6.45, 7) is 9.42. The zero-order valence-corrected chi connectivity index (χ0v) is 36.1. The molecule has 2 aliphatic carbocycles. The predicted octanol–water partition coefficient (Wildman–Crippen LogP) is 4.32. The molecule has 2 aromatic rings. The van der Waals surface area contributed by atoms with Crippen molar-refractivity contribution in [3.8, 4) is 11.6 Å². The molecule has 0 bridgehead atoms. The smallest absolute Gasteiger partial charge is 0.408 e. The van der Waals surface area contributed by atoms with Gasteiger partial charge in [-0.1, -0.05) is 26.0 Å². The number of alkyl halides is 1. The van der Waals surface area contributed by atoms with E-state index in [1.54, 1.807) is 46.1 Å². The number of carbonyl (C=O) groups excluding carboxylic acids is 4. The van der Waals surface area contributed by atoms with Crippen LogP contribution in [0.25, 0.3) is 10.9 Å². The van der Waals surface area contributed by atoms with Gasteiger partial charge in [-0.2, -0.15) is 4.98 Å². The number of allylic oxidation sites excluding steroid dienone is 1. The highest BCUT2D eigenvalue weighted by Gasteiger charge is 2.64. The van der Waals surface area contributed by atoms with Crippen molar-refractivity contribution in [1.82, 2.24) is 30.2 Å². The summed E-state index contributed by atoms with van der Waals surface area (Å²) < 4.78 is 58.6. The van der Waals surface area contributed by atoms with Gasteiger partial charge in [0.15, 0.2) is 0 Å². The molecule has 0 radical (unpaired) electrons. The van der Waals surface area contributed by atoms with E-state index in [1.165, 1.54) is 4.90 Å². The molecule has 7 rings (SSSR count). The van der Waals surface area contributed by atoms with Crippen LogP contribution in [0.5, 0.6) is 11.6 Å². The molecular formula is C42H58FN7O9S. The second-order valence-corrected chi connectivity index (χ2v) is 20.4. The number of sulfonamides is 1. The minimum Gasteiger partial charge on any atom is -0.497 e. The van der Waals surface area contributed by atoms with Crippen molar-refractivity contribution in [1.29, 1.82) is 0 Å². The number of nitrogens with one attached hydrogen (secondary N) is 3. The molecule has 3 N–H and O–H groups in total. The Labute approximate surface area is 350 Å². The summed E-state index contributed by atoms with van der Waals surface area (Å²) in [6, 6.07) is 3.04. The number of nitrogens with zero attached hydrogens (tertiary/aromatic N) is 4. The molecule has 1 unspecified atom stereocenters. The van der Waals surface area contributed by atoms with Crippen LogP contribution in [0.2, 0.25) is 0 Å². The van der Waals surface area contributed by atoms with Crippen LogP contribution in [0.4, 0.5) is 15.1 Å². The fourth-order valence-corrected chi connectivity index (χ4v) is 10.1. The number of methoxy groups -OCH3 is 1. The van der Waals surface area contributed by atoms with E-state index in [0.29, 0.717) is 35.4 Å². The SMILES string of the molecule is COc1ccc2c(O[C@@H]3C[C@H]4C(=O)N[C@]5(C(=O)NS(=O)(=O)C6(CF)CC6)CC5/C=C\CC[C@H](C)C[C@@H](C)[C@H](NC(=O)OC(C)(C)C)C(=O)N4C3)nc(N3CCCC3)nc2c1. The van der Waals surface area contributed by atoms with Crippen LogP contribution in [0.15, 0.2) is 30.4 Å². The van der Waals surface area contributed by atoms with E-state index in [1.807, 2.05) is 19.1 Å². The number of hydrogen-bond donors (Lipinski definition) is 3. The predicted molar refractivity (Wildman–Crippen MR) is 221 cm³/mol. The lowest BCUT2D eigenvalue weighted by atomic mass is 9.88. The molecule has 4 heterocycles. The summed E-state index contributed by atoms with van der Waals surface area (Å²) in [7, 11) is -2.83. The average Bonchev–Trinajstić information content (AvgIpc) is 4.00. The van der Waals surface area contributed by atoms with E-state index in [4.69, 9.17) is 24.2 Å². The lowest BCUT2D eigenvalue weighted by Crippen LogP contribution is -2.59. The minimum atomic E-state index is -4.40. The maximum atomic E-state index is 14.9. The highest BCUT2D eigenvalue weighted by molar-refractivity contribution is 7.91. The quantitative estimate of drug-likeness (QED) is 0.303. The van der Waals surface area contributed by atoms with Crippen LogP contribution in [0.3, 0.4) is 0 Å². The van der Waals surface area contributed by atoms with Crippen molar-refractivity contribution in [3.63, 3.8) is 0 Å². The maximum Gasteiger partial charge on any atom is 0.408 e. The molecule has 7 atom stereocenters. The monoisotopic (exact) mass is 855 g/mol. The van der Waals surface area contributed by atoms with Gasteiger partial charge in [-0.3, -0.25) is 19.1 Å². The molecule has 1 aromatic heterocycles. The van der Waals surface area contributed by atoms with Gasteiger partial charge in [0, 0.05) is 31.5 Å². The molecule has 2 saturated carbocycles. The van der Waals surface area contributed by atoms with Crippen LogP contribution < -0.4 is 29.7 Å². The molecule has 60 heavy (non-hydrogen) atoms. The van der Waals surface area contributed by atoms with E-state index >= 15 is 0 Å². The number of amides is 4. The van der Waals surface area contributed by atoms with Crippen LogP contribution >= 0.6 is 0 Å². The lowest BCUT2D eigenvalue weighted by Gasteiger charge is -2.33. The number of anilines is 1. The molecule has 328 valence electrons. The first kappa shape index (κ1) is 43.4. The van der Waals surface area contributed by atoms with Crippen LogP contribution in [-0.2, 0) is 29.1 Å². The third-order valence-corrected chi connectivity index (χ3v) is 14.6. The fraction of sp³-hybridized carbons (Fsp3) is 0.667. The second kappa shape index (κ2) is 16.6. The standard InChI is InChI=1S/C42H58FN7O9S/c1-25-11-7-8-12-27-22-42(27,37(53)48-60(55,56)41(24-43)15-16-41)47-34(51)32-21-29(23-50(32)36(52)33(26(2)19-25)45-39(54)59-40(3,4)5)58-35-30-14-13-28(57-6)20-31(30)44-38(46-35)49-17-9-10-18-49/h8,12-14,20,25-27,29,32-33H,7,9-11,15-19,21-24H2,1-6H3,(H,45,54)(H,47,51)(H,48,53)/b12-8-/t25-,26+,27?,29+,32-,33-,42+/m0/s1. The van der Waals surface area contributed by atoms with Crippen molar-refractivity contribution >= 4 is 50.7 Å². The number of alkyl carbamates (subject to hydrolysis) is 1. The van der Waals surface area contributed by atoms with Crippen molar-refractivity contribution < 1.29 is 46.2 Å². The summed E-state index contributed by atoms with van der Waals surface area (Å²) in [6.07, 6.45) is 6.27. The van der Waals surface area contributed by atoms with Gasteiger partial charge in [-0.25, -0.2) is 22.6 Å². The van der Waals surface area contributed by atoms with Gasteiger partial charge in [0.2, 0.25) is 33.7 Å². The summed E-state index contributed by atoms with van der Waals surface area (Å²) in [5.74, 6) is -1.70. The number of benzene rings is 1. The van der Waals surface area contributed by atoms with E-state index in [2.05, 4.69) is 27.2 Å². The van der Waals surface area contributed by atoms with Gasteiger partial charge in [0.25, 0.3) is 5.91 Å². The molecule has 4 fully saturated rings. The second-order valence-electron chi connectivity index (χ2n) is 18.4. The Hall–Kier alpha value is -4.74. The summed E-state index contributed by atoms with van der Waals surface area (Å²) in [5.41, 5.74) is -1.93. The first-order valence-corrected chi connectivity index (χ1v) is 22.5. The minimum absolute atomic E-state index is 0.0241. The Kier molecular flexibility index (Phi) is 12.0. The number of hydrogen-bond acceptors (Lipinski definition) is 12. The molecule has 0 spiro atoms. The van der Waals surface area contributed by atoms with Gasteiger partial charge < -0.3 is 34.6 Å². The van der Waals surface area contributed by atoms with E-state index in [-0.39, 0.29) is 49.9 Å². The highest BCUT2D eigenvalue weighted by atomic mass is 32.2. The number of fused-ring (bicyclic) bond motifs is 3. The van der Waals surface area contributed by atoms with Crippen molar-refractivity contribution in [3.05, 3.63) is 30.4 Å². The Morgan fingerprint density at radius 1 is 1.08 bits per heavy atom. The molecule has 2 saturated heterocycles. The van der Waals surface area contributed by atoms with E-state index < -0.39 is 80.5 Å². The summed E-state index contributed by atoms with van der Waals surface area (Å²) in [5, 5.41) is 6.26. The molecular weight excluding hydrogens is 798 g/mol. The first-order valence-electron chi connectivity index (χ1n) is 21.1. The van der Waals surface area contributed by atoms with Crippen LogP contribution in [-0.4, -0.2) is 115 Å². The lowest BCUT2D eigenvalue weighted by molar-refractivity contribution is -0.142. The molecule has 16 nitrogen and oxygen atoms in total. The third-order valence-electron chi connectivity index (χ3n) is 12.5. The molecule has 1 aromatic carbocycles. The number of carbonyl (C=O) groups is 4. The number of ether oxygens (including phenoxy) is 3. The summed E-state index contributed by atoms with van der Waals surface area (Å²) in [4.78, 5) is 70.0. The zero-order valence-electron chi connectivity index (χ0n) is 35.3. The number of rotatable bonds is 9. The van der Waals surface area contributed by atoms with Gasteiger partial charge in [-0.15, -0.1) is 0 Å². The number of aromatic nitrogens is 2. The van der Waals surface area contributed by atoms with Gasteiger partial charge >= 0.3 is 6.09 Å². The molecule has 4 amide bonds. The van der Waals surface area contributed by atoms with Gasteiger partial charge in [-0.05, 0) is 96.1 Å². The van der Waals surface area contributed by atoms with Crippen LogP contribution in [0.1, 0.15) is 92.4 Å². The molecule has 5 aliphatic rings. The third kappa shape index (κ3) is 8.98. The largest absolute Gasteiger partial charge is 0.497 e. The Morgan fingerprint density at radius 2 is 1.82 bits per heavy atom. The van der Waals surface area contributed by atoms with Crippen LogP contribution in [0, 0.1) is 17.8 Å².